The summed E-state index contributed by atoms with van der Waals surface area (Å²) in [5.41, 5.74) is 0.169. The van der Waals surface area contributed by atoms with Crippen LogP contribution in [0.15, 0.2) is 35.2 Å². The molecule has 0 aliphatic carbocycles. The smallest absolute Gasteiger partial charge is 0.243 e. The molecule has 3 fully saturated rings. The molecule has 0 saturated carbocycles. The van der Waals surface area contributed by atoms with Crippen LogP contribution in [-0.2, 0) is 14.8 Å². The molecule has 27 heavy (non-hydrogen) atoms. The standard InChI is InChI=1S/C21H32N2O3S/c24-27(25,20-6-2-1-3-7-20)23-13-8-19(9-14-23)18-22-15-11-21(12-16-22)10-4-5-17-26-21/h1-3,6-7,19H,4-5,8-18H2. The van der Waals surface area contributed by atoms with E-state index in [1.807, 2.05) is 6.07 Å². The van der Waals surface area contributed by atoms with Gasteiger partial charge >= 0.3 is 0 Å². The normalized spacial score (nSPS) is 25.6. The Kier molecular flexibility index (Phi) is 5.88. The van der Waals surface area contributed by atoms with Gasteiger partial charge in [0, 0.05) is 39.3 Å². The minimum atomic E-state index is -3.33. The molecule has 3 aliphatic rings. The first-order chi connectivity index (χ1) is 13.1. The highest BCUT2D eigenvalue weighted by Crippen LogP contribution is 2.35. The Balaban J connectivity index is 1.25. The monoisotopic (exact) mass is 392 g/mol. The molecule has 0 N–H and O–H groups in total. The van der Waals surface area contributed by atoms with Gasteiger partial charge in [-0.3, -0.25) is 0 Å². The summed E-state index contributed by atoms with van der Waals surface area (Å²) in [5, 5.41) is 0. The van der Waals surface area contributed by atoms with E-state index in [-0.39, 0.29) is 5.60 Å². The lowest BCUT2D eigenvalue weighted by Gasteiger charge is -2.45. The van der Waals surface area contributed by atoms with E-state index in [1.165, 1.54) is 19.3 Å². The van der Waals surface area contributed by atoms with E-state index in [4.69, 9.17) is 4.74 Å². The van der Waals surface area contributed by atoms with Gasteiger partial charge in [-0.15, -0.1) is 0 Å². The minimum Gasteiger partial charge on any atom is -0.375 e. The molecule has 3 heterocycles. The summed E-state index contributed by atoms with van der Waals surface area (Å²) in [6.45, 7) is 5.58. The summed E-state index contributed by atoms with van der Waals surface area (Å²) in [5.74, 6) is 0.605. The maximum Gasteiger partial charge on any atom is 0.243 e. The van der Waals surface area contributed by atoms with Gasteiger partial charge in [0.05, 0.1) is 10.5 Å². The van der Waals surface area contributed by atoms with Crippen molar-refractivity contribution in [1.29, 1.82) is 0 Å². The Morgan fingerprint density at radius 1 is 0.963 bits per heavy atom. The average Bonchev–Trinajstić information content (AvgIpc) is 2.72. The maximum atomic E-state index is 12.8. The molecule has 0 amide bonds. The van der Waals surface area contributed by atoms with Gasteiger partial charge in [0.25, 0.3) is 0 Å². The van der Waals surface area contributed by atoms with Gasteiger partial charge in [-0.05, 0) is 63.0 Å². The second-order valence-corrected chi connectivity index (χ2v) is 10.4. The molecule has 0 atom stereocenters. The summed E-state index contributed by atoms with van der Waals surface area (Å²) < 4.78 is 33.3. The third-order valence-corrected chi connectivity index (χ3v) is 8.59. The number of benzene rings is 1. The van der Waals surface area contributed by atoms with Crippen LogP contribution in [0.1, 0.15) is 44.9 Å². The van der Waals surface area contributed by atoms with Gasteiger partial charge < -0.3 is 9.64 Å². The van der Waals surface area contributed by atoms with E-state index in [0.717, 1.165) is 51.9 Å². The minimum absolute atomic E-state index is 0.169. The highest BCUT2D eigenvalue weighted by Gasteiger charge is 2.37. The molecule has 0 unspecified atom stereocenters. The van der Waals surface area contributed by atoms with E-state index in [2.05, 4.69) is 4.90 Å². The predicted molar refractivity (Wildman–Crippen MR) is 106 cm³/mol. The van der Waals surface area contributed by atoms with Crippen LogP contribution in [0.5, 0.6) is 0 Å². The number of hydrogen-bond acceptors (Lipinski definition) is 4. The molecule has 0 bridgehead atoms. The first-order valence-electron chi connectivity index (χ1n) is 10.5. The largest absolute Gasteiger partial charge is 0.375 e. The van der Waals surface area contributed by atoms with Crippen molar-refractivity contribution in [3.8, 4) is 0 Å². The molecule has 3 saturated heterocycles. The lowest BCUT2D eigenvalue weighted by molar-refractivity contribution is -0.112. The van der Waals surface area contributed by atoms with Crippen molar-refractivity contribution in [2.45, 2.75) is 55.4 Å². The SMILES string of the molecule is O=S(=O)(c1ccccc1)N1CCC(CN2CCC3(CCCCO3)CC2)CC1. The van der Waals surface area contributed by atoms with Gasteiger partial charge in [-0.1, -0.05) is 18.2 Å². The van der Waals surface area contributed by atoms with Gasteiger partial charge in [-0.2, -0.15) is 4.31 Å². The third kappa shape index (κ3) is 4.39. The highest BCUT2D eigenvalue weighted by atomic mass is 32.2. The van der Waals surface area contributed by atoms with Crippen LogP contribution < -0.4 is 0 Å². The lowest BCUT2D eigenvalue weighted by atomic mass is 9.84. The highest BCUT2D eigenvalue weighted by molar-refractivity contribution is 7.89. The lowest BCUT2D eigenvalue weighted by Crippen LogP contribution is -2.49. The van der Waals surface area contributed by atoms with Crippen LogP contribution in [0.4, 0.5) is 0 Å². The first-order valence-corrected chi connectivity index (χ1v) is 11.9. The van der Waals surface area contributed by atoms with Gasteiger partial charge in [0.15, 0.2) is 0 Å². The molecular formula is C21H32N2O3S. The molecule has 1 aromatic carbocycles. The van der Waals surface area contributed by atoms with Crippen molar-refractivity contribution < 1.29 is 13.2 Å². The molecule has 0 radical (unpaired) electrons. The summed E-state index contributed by atoms with van der Waals surface area (Å²) in [4.78, 5) is 2.99. The molecule has 1 aromatic rings. The van der Waals surface area contributed by atoms with Crippen LogP contribution in [-0.4, -0.2) is 62.6 Å². The Hall–Kier alpha value is -0.950. The van der Waals surface area contributed by atoms with Crippen molar-refractivity contribution in [2.24, 2.45) is 5.92 Å². The summed E-state index contributed by atoms with van der Waals surface area (Å²) >= 11 is 0. The van der Waals surface area contributed by atoms with E-state index in [1.54, 1.807) is 28.6 Å². The molecule has 1 spiro atoms. The van der Waals surface area contributed by atoms with Gasteiger partial charge in [-0.25, -0.2) is 8.42 Å². The number of sulfonamides is 1. The summed E-state index contributed by atoms with van der Waals surface area (Å²) in [6, 6.07) is 8.82. The Morgan fingerprint density at radius 3 is 2.30 bits per heavy atom. The zero-order valence-corrected chi connectivity index (χ0v) is 17.0. The number of ether oxygens (including phenoxy) is 1. The fourth-order valence-corrected chi connectivity index (χ4v) is 6.38. The average molecular weight is 393 g/mol. The second kappa shape index (κ2) is 8.19. The topological polar surface area (TPSA) is 49.9 Å². The van der Waals surface area contributed by atoms with Crippen LogP contribution in [0, 0.1) is 5.92 Å². The Labute approximate surface area is 163 Å². The third-order valence-electron chi connectivity index (χ3n) is 6.67. The van der Waals surface area contributed by atoms with Gasteiger partial charge in [0.1, 0.15) is 0 Å². The zero-order chi connectivity index (χ0) is 18.7. The van der Waals surface area contributed by atoms with E-state index >= 15 is 0 Å². The summed E-state index contributed by atoms with van der Waals surface area (Å²) in [6.07, 6.45) is 8.01. The van der Waals surface area contributed by atoms with Crippen molar-refractivity contribution >= 4 is 10.0 Å². The molecule has 3 aliphatic heterocycles. The van der Waals surface area contributed by atoms with Crippen LogP contribution in [0.2, 0.25) is 0 Å². The Bertz CT molecular complexity index is 698. The molecule has 6 heteroatoms. The van der Waals surface area contributed by atoms with Crippen molar-refractivity contribution in [3.63, 3.8) is 0 Å². The fraction of sp³-hybridized carbons (Fsp3) is 0.714. The number of rotatable bonds is 4. The van der Waals surface area contributed by atoms with Crippen molar-refractivity contribution in [1.82, 2.24) is 9.21 Å². The molecule has 150 valence electrons. The number of hydrogen-bond donors (Lipinski definition) is 0. The van der Waals surface area contributed by atoms with E-state index in [9.17, 15) is 8.42 Å². The zero-order valence-electron chi connectivity index (χ0n) is 16.2. The number of nitrogens with zero attached hydrogens (tertiary/aromatic N) is 2. The van der Waals surface area contributed by atoms with Gasteiger partial charge in [0.2, 0.25) is 10.0 Å². The van der Waals surface area contributed by atoms with Crippen LogP contribution >= 0.6 is 0 Å². The predicted octanol–water partition coefficient (Wildman–Crippen LogP) is 3.12. The van der Waals surface area contributed by atoms with Crippen molar-refractivity contribution in [2.75, 3.05) is 39.3 Å². The second-order valence-electron chi connectivity index (χ2n) is 8.45. The number of likely N-dealkylation sites (tertiary alicyclic amines) is 1. The Morgan fingerprint density at radius 2 is 1.67 bits per heavy atom. The number of piperidine rings is 2. The molecular weight excluding hydrogens is 360 g/mol. The van der Waals surface area contributed by atoms with E-state index in [0.29, 0.717) is 23.9 Å². The fourth-order valence-electron chi connectivity index (χ4n) is 4.89. The molecule has 0 aromatic heterocycles. The molecule has 5 nitrogen and oxygen atoms in total. The first kappa shape index (κ1) is 19.4. The van der Waals surface area contributed by atoms with Crippen LogP contribution in [0.25, 0.3) is 0 Å². The van der Waals surface area contributed by atoms with Crippen LogP contribution in [0.3, 0.4) is 0 Å². The maximum absolute atomic E-state index is 12.8. The van der Waals surface area contributed by atoms with E-state index < -0.39 is 10.0 Å². The quantitative estimate of drug-likeness (QED) is 0.790. The molecule has 4 rings (SSSR count). The van der Waals surface area contributed by atoms with Crippen molar-refractivity contribution in [3.05, 3.63) is 30.3 Å². The summed E-state index contributed by atoms with van der Waals surface area (Å²) in [7, 11) is -3.33.